The van der Waals surface area contributed by atoms with Crippen molar-refractivity contribution in [2.75, 3.05) is 13.6 Å². The van der Waals surface area contributed by atoms with E-state index in [0.717, 1.165) is 24.1 Å². The molecule has 0 aliphatic carbocycles. The monoisotopic (exact) mass is 280 g/mol. The quantitative estimate of drug-likeness (QED) is 0.937. The molecule has 3 nitrogen and oxygen atoms in total. The summed E-state index contributed by atoms with van der Waals surface area (Å²) in [6, 6.07) is 18.1. The van der Waals surface area contributed by atoms with Gasteiger partial charge in [-0.05, 0) is 23.1 Å². The van der Waals surface area contributed by atoms with E-state index >= 15 is 0 Å². The lowest BCUT2D eigenvalue weighted by Crippen LogP contribution is -2.42. The Morgan fingerprint density at radius 3 is 2.67 bits per heavy atom. The van der Waals surface area contributed by atoms with Gasteiger partial charge in [-0.3, -0.25) is 4.79 Å². The molecule has 0 aromatic heterocycles. The summed E-state index contributed by atoms with van der Waals surface area (Å²) in [4.78, 5) is 14.5. The Kier molecular flexibility index (Phi) is 4.02. The first-order valence-corrected chi connectivity index (χ1v) is 7.36. The predicted octanol–water partition coefficient (Wildman–Crippen LogP) is 2.53. The molecule has 108 valence electrons. The fraction of sp³-hybridized carbons (Fsp3) is 0.278. The van der Waals surface area contributed by atoms with E-state index < -0.39 is 0 Å². The van der Waals surface area contributed by atoms with Gasteiger partial charge in [-0.2, -0.15) is 0 Å². The van der Waals surface area contributed by atoms with E-state index in [-0.39, 0.29) is 11.9 Å². The van der Waals surface area contributed by atoms with Gasteiger partial charge in [0.1, 0.15) is 6.04 Å². The molecule has 0 saturated heterocycles. The van der Waals surface area contributed by atoms with Crippen molar-refractivity contribution >= 4 is 5.91 Å². The van der Waals surface area contributed by atoms with Gasteiger partial charge in [-0.15, -0.1) is 0 Å². The van der Waals surface area contributed by atoms with E-state index in [9.17, 15) is 4.79 Å². The zero-order valence-corrected chi connectivity index (χ0v) is 12.3. The SMILES string of the molecule is CN(Cc1ccccc1)C(=O)C1NCCc2ccccc21. The highest BCUT2D eigenvalue weighted by atomic mass is 16.2. The molecule has 3 rings (SSSR count). The molecule has 1 aliphatic heterocycles. The molecular weight excluding hydrogens is 260 g/mol. The molecule has 0 fully saturated rings. The molecular formula is C18H20N2O. The third-order valence-electron chi connectivity index (χ3n) is 3.99. The number of rotatable bonds is 3. The fourth-order valence-electron chi connectivity index (χ4n) is 2.88. The van der Waals surface area contributed by atoms with Crippen molar-refractivity contribution in [3.05, 3.63) is 71.3 Å². The van der Waals surface area contributed by atoms with Gasteiger partial charge >= 0.3 is 0 Å². The van der Waals surface area contributed by atoms with Crippen molar-refractivity contribution in [2.24, 2.45) is 0 Å². The summed E-state index contributed by atoms with van der Waals surface area (Å²) in [6.07, 6.45) is 0.988. The number of hydrogen-bond acceptors (Lipinski definition) is 2. The van der Waals surface area contributed by atoms with Crippen LogP contribution in [0.2, 0.25) is 0 Å². The van der Waals surface area contributed by atoms with Crippen molar-refractivity contribution in [2.45, 2.75) is 19.0 Å². The van der Waals surface area contributed by atoms with Crippen molar-refractivity contribution < 1.29 is 4.79 Å². The second-order valence-electron chi connectivity index (χ2n) is 5.52. The number of carbonyl (C=O) groups is 1. The number of likely N-dealkylation sites (N-methyl/N-ethyl adjacent to an activating group) is 1. The Hall–Kier alpha value is -2.13. The number of nitrogens with one attached hydrogen (secondary N) is 1. The van der Waals surface area contributed by atoms with Gasteiger partial charge in [-0.25, -0.2) is 0 Å². The van der Waals surface area contributed by atoms with Gasteiger partial charge in [0.2, 0.25) is 5.91 Å². The molecule has 0 saturated carbocycles. The van der Waals surface area contributed by atoms with Crippen molar-refractivity contribution in [3.63, 3.8) is 0 Å². The van der Waals surface area contributed by atoms with Gasteiger partial charge in [-0.1, -0.05) is 54.6 Å². The third-order valence-corrected chi connectivity index (χ3v) is 3.99. The Balaban J connectivity index is 1.77. The summed E-state index contributed by atoms with van der Waals surface area (Å²) in [5.74, 6) is 0.131. The predicted molar refractivity (Wildman–Crippen MR) is 83.8 cm³/mol. The van der Waals surface area contributed by atoms with Gasteiger partial charge in [0.05, 0.1) is 0 Å². The van der Waals surface area contributed by atoms with E-state index in [2.05, 4.69) is 17.4 Å². The highest BCUT2D eigenvalue weighted by Gasteiger charge is 2.27. The first-order valence-electron chi connectivity index (χ1n) is 7.36. The molecule has 1 amide bonds. The maximum Gasteiger partial charge on any atom is 0.244 e. The second-order valence-corrected chi connectivity index (χ2v) is 5.52. The van der Waals surface area contributed by atoms with E-state index in [4.69, 9.17) is 0 Å². The summed E-state index contributed by atoms with van der Waals surface area (Å²) in [5.41, 5.74) is 3.55. The zero-order valence-electron chi connectivity index (χ0n) is 12.3. The van der Waals surface area contributed by atoms with Crippen molar-refractivity contribution in [3.8, 4) is 0 Å². The summed E-state index contributed by atoms with van der Waals surface area (Å²) in [5, 5.41) is 3.35. The average Bonchev–Trinajstić information content (AvgIpc) is 2.54. The Labute approximate surface area is 125 Å². The Morgan fingerprint density at radius 1 is 1.14 bits per heavy atom. The van der Waals surface area contributed by atoms with Crippen LogP contribution in [-0.4, -0.2) is 24.4 Å². The van der Waals surface area contributed by atoms with Gasteiger partial charge in [0.25, 0.3) is 0 Å². The van der Waals surface area contributed by atoms with Crippen LogP contribution >= 0.6 is 0 Å². The van der Waals surface area contributed by atoms with Crippen LogP contribution in [0.5, 0.6) is 0 Å². The van der Waals surface area contributed by atoms with Crippen LogP contribution in [0.4, 0.5) is 0 Å². The molecule has 0 bridgehead atoms. The molecule has 1 N–H and O–H groups in total. The summed E-state index contributed by atoms with van der Waals surface area (Å²) in [6.45, 7) is 1.49. The fourth-order valence-corrected chi connectivity index (χ4v) is 2.88. The van der Waals surface area contributed by atoms with E-state index in [1.807, 2.05) is 49.5 Å². The van der Waals surface area contributed by atoms with E-state index in [0.29, 0.717) is 6.54 Å². The number of fused-ring (bicyclic) bond motifs is 1. The first kappa shape index (κ1) is 13.8. The maximum absolute atomic E-state index is 12.7. The van der Waals surface area contributed by atoms with Crippen molar-refractivity contribution in [1.29, 1.82) is 0 Å². The van der Waals surface area contributed by atoms with Crippen molar-refractivity contribution in [1.82, 2.24) is 10.2 Å². The molecule has 0 spiro atoms. The smallest absolute Gasteiger partial charge is 0.244 e. The molecule has 3 heteroatoms. The maximum atomic E-state index is 12.7. The summed E-state index contributed by atoms with van der Waals surface area (Å²) in [7, 11) is 1.87. The van der Waals surface area contributed by atoms with Crippen LogP contribution < -0.4 is 5.32 Å². The minimum absolute atomic E-state index is 0.131. The van der Waals surface area contributed by atoms with Crippen LogP contribution in [-0.2, 0) is 17.8 Å². The first-order chi connectivity index (χ1) is 10.3. The van der Waals surface area contributed by atoms with E-state index in [1.165, 1.54) is 5.56 Å². The Bertz CT molecular complexity index is 624. The lowest BCUT2D eigenvalue weighted by atomic mass is 9.93. The molecule has 1 aliphatic rings. The Morgan fingerprint density at radius 2 is 1.86 bits per heavy atom. The van der Waals surface area contributed by atoms with Crippen LogP contribution in [0, 0.1) is 0 Å². The topological polar surface area (TPSA) is 32.3 Å². The lowest BCUT2D eigenvalue weighted by molar-refractivity contribution is -0.133. The number of benzene rings is 2. The van der Waals surface area contributed by atoms with Crippen LogP contribution in [0.15, 0.2) is 54.6 Å². The van der Waals surface area contributed by atoms with Gasteiger partial charge in [0.15, 0.2) is 0 Å². The number of hydrogen-bond donors (Lipinski definition) is 1. The van der Waals surface area contributed by atoms with Gasteiger partial charge in [0, 0.05) is 20.1 Å². The number of amides is 1. The standard InChI is InChI=1S/C18H20N2O/c1-20(13-14-7-3-2-4-8-14)18(21)17-16-10-6-5-9-15(16)11-12-19-17/h2-10,17,19H,11-13H2,1H3. The van der Waals surface area contributed by atoms with Gasteiger partial charge < -0.3 is 10.2 Å². The summed E-state index contributed by atoms with van der Waals surface area (Å²) >= 11 is 0. The minimum atomic E-state index is -0.219. The molecule has 1 unspecified atom stereocenters. The molecule has 2 aromatic carbocycles. The summed E-state index contributed by atoms with van der Waals surface area (Å²) < 4.78 is 0. The molecule has 1 atom stereocenters. The second kappa shape index (κ2) is 6.10. The highest BCUT2D eigenvalue weighted by molar-refractivity contribution is 5.83. The normalized spacial score (nSPS) is 17.1. The molecule has 21 heavy (non-hydrogen) atoms. The highest BCUT2D eigenvalue weighted by Crippen LogP contribution is 2.24. The largest absolute Gasteiger partial charge is 0.340 e. The molecule has 1 heterocycles. The van der Waals surface area contributed by atoms with Crippen LogP contribution in [0.1, 0.15) is 22.7 Å². The zero-order chi connectivity index (χ0) is 14.7. The third kappa shape index (κ3) is 2.98. The molecule has 2 aromatic rings. The molecule has 0 radical (unpaired) electrons. The number of carbonyl (C=O) groups excluding carboxylic acids is 1. The number of nitrogens with zero attached hydrogens (tertiary/aromatic N) is 1. The minimum Gasteiger partial charge on any atom is -0.340 e. The average molecular weight is 280 g/mol. The van der Waals surface area contributed by atoms with Crippen LogP contribution in [0.3, 0.4) is 0 Å². The lowest BCUT2D eigenvalue weighted by Gasteiger charge is -2.29. The van der Waals surface area contributed by atoms with E-state index in [1.54, 1.807) is 4.90 Å². The van der Waals surface area contributed by atoms with Crippen LogP contribution in [0.25, 0.3) is 0 Å².